The summed E-state index contributed by atoms with van der Waals surface area (Å²) < 4.78 is 5.67. The third-order valence-corrected chi connectivity index (χ3v) is 3.14. The van der Waals surface area contributed by atoms with Gasteiger partial charge in [0.15, 0.2) is 0 Å². The fraction of sp³-hybridized carbons (Fsp3) is 0.846. The second kappa shape index (κ2) is 8.10. The summed E-state index contributed by atoms with van der Waals surface area (Å²) in [5, 5.41) is 8.52. The van der Waals surface area contributed by atoms with E-state index in [4.69, 9.17) is 10.00 Å². The average Bonchev–Trinajstić information content (AvgIpc) is 2.35. The lowest BCUT2D eigenvalue weighted by Crippen LogP contribution is -2.49. The van der Waals surface area contributed by atoms with Crippen LogP contribution in [0.1, 0.15) is 6.42 Å². The monoisotopic (exact) mass is 268 g/mol. The van der Waals surface area contributed by atoms with Crippen molar-refractivity contribution in [2.75, 3.05) is 60.5 Å². The first-order valence-electron chi connectivity index (χ1n) is 6.62. The van der Waals surface area contributed by atoms with Gasteiger partial charge in [-0.25, -0.2) is 0 Å². The van der Waals surface area contributed by atoms with Crippen molar-refractivity contribution in [2.45, 2.75) is 12.5 Å². The standard InChI is InChI=1S/C13H24N4O2/c1-15(2)9-12-10-17(7-8-19-12)11-13(18)16(3)6-4-5-14/h12H,4,6-11H2,1-3H3. The molecule has 1 aliphatic heterocycles. The van der Waals surface area contributed by atoms with Gasteiger partial charge in [0.1, 0.15) is 0 Å². The van der Waals surface area contributed by atoms with E-state index in [9.17, 15) is 4.79 Å². The highest BCUT2D eigenvalue weighted by molar-refractivity contribution is 5.78. The number of hydrogen-bond donors (Lipinski definition) is 0. The fourth-order valence-corrected chi connectivity index (χ4v) is 2.10. The van der Waals surface area contributed by atoms with E-state index in [1.807, 2.05) is 14.1 Å². The highest BCUT2D eigenvalue weighted by Crippen LogP contribution is 2.06. The Balaban J connectivity index is 2.35. The van der Waals surface area contributed by atoms with Crippen LogP contribution in [0.25, 0.3) is 0 Å². The van der Waals surface area contributed by atoms with Crippen LogP contribution in [-0.2, 0) is 9.53 Å². The first kappa shape index (κ1) is 15.9. The van der Waals surface area contributed by atoms with Gasteiger partial charge in [-0.2, -0.15) is 5.26 Å². The van der Waals surface area contributed by atoms with Gasteiger partial charge in [-0.15, -0.1) is 0 Å². The molecule has 1 amide bonds. The number of morpholine rings is 1. The summed E-state index contributed by atoms with van der Waals surface area (Å²) in [7, 11) is 5.78. The Kier molecular flexibility index (Phi) is 6.78. The molecule has 0 bridgehead atoms. The van der Waals surface area contributed by atoms with Gasteiger partial charge in [0.05, 0.1) is 31.7 Å². The zero-order valence-electron chi connectivity index (χ0n) is 12.1. The summed E-state index contributed by atoms with van der Waals surface area (Å²) in [4.78, 5) is 17.8. The lowest BCUT2D eigenvalue weighted by atomic mass is 10.2. The Hall–Kier alpha value is -1.16. The van der Waals surface area contributed by atoms with E-state index in [1.165, 1.54) is 0 Å². The van der Waals surface area contributed by atoms with Crippen molar-refractivity contribution in [3.8, 4) is 6.07 Å². The van der Waals surface area contributed by atoms with Gasteiger partial charge < -0.3 is 14.5 Å². The van der Waals surface area contributed by atoms with Crippen LogP contribution in [0.2, 0.25) is 0 Å². The molecule has 1 saturated heterocycles. The molecule has 0 aliphatic carbocycles. The zero-order chi connectivity index (χ0) is 14.3. The summed E-state index contributed by atoms with van der Waals surface area (Å²) in [6.45, 7) is 4.04. The van der Waals surface area contributed by atoms with Crippen LogP contribution < -0.4 is 0 Å². The minimum absolute atomic E-state index is 0.0701. The maximum absolute atomic E-state index is 12.0. The van der Waals surface area contributed by atoms with Gasteiger partial charge in [0, 0.05) is 33.2 Å². The predicted octanol–water partition coefficient (Wildman–Crippen LogP) is -0.379. The fourth-order valence-electron chi connectivity index (χ4n) is 2.10. The van der Waals surface area contributed by atoms with Crippen LogP contribution in [0.4, 0.5) is 0 Å². The molecular formula is C13H24N4O2. The first-order valence-corrected chi connectivity index (χ1v) is 6.62. The molecule has 1 atom stereocenters. The summed E-state index contributed by atoms with van der Waals surface area (Å²) in [5.74, 6) is 0.0701. The molecular weight excluding hydrogens is 244 g/mol. The second-order valence-corrected chi connectivity index (χ2v) is 5.21. The van der Waals surface area contributed by atoms with E-state index in [0.29, 0.717) is 26.1 Å². The van der Waals surface area contributed by atoms with Crippen LogP contribution in [0, 0.1) is 11.3 Å². The van der Waals surface area contributed by atoms with Gasteiger partial charge in [-0.1, -0.05) is 0 Å². The molecule has 6 nitrogen and oxygen atoms in total. The molecule has 0 saturated carbocycles. The Bertz CT molecular complexity index is 327. The average molecular weight is 268 g/mol. The maximum Gasteiger partial charge on any atom is 0.236 e. The Morgan fingerprint density at radius 2 is 2.21 bits per heavy atom. The largest absolute Gasteiger partial charge is 0.374 e. The van der Waals surface area contributed by atoms with E-state index in [1.54, 1.807) is 11.9 Å². The van der Waals surface area contributed by atoms with Crippen molar-refractivity contribution in [2.24, 2.45) is 0 Å². The molecule has 0 N–H and O–H groups in total. The second-order valence-electron chi connectivity index (χ2n) is 5.21. The predicted molar refractivity (Wildman–Crippen MR) is 72.6 cm³/mol. The molecule has 0 aromatic heterocycles. The highest BCUT2D eigenvalue weighted by atomic mass is 16.5. The molecule has 1 heterocycles. The lowest BCUT2D eigenvalue weighted by Gasteiger charge is -2.34. The molecule has 19 heavy (non-hydrogen) atoms. The molecule has 1 rings (SSSR count). The van der Waals surface area contributed by atoms with E-state index >= 15 is 0 Å². The first-order chi connectivity index (χ1) is 9.02. The van der Waals surface area contributed by atoms with E-state index in [0.717, 1.165) is 19.6 Å². The molecule has 1 aliphatic rings. The van der Waals surface area contributed by atoms with Crippen molar-refractivity contribution < 1.29 is 9.53 Å². The lowest BCUT2D eigenvalue weighted by molar-refractivity contribution is -0.133. The minimum Gasteiger partial charge on any atom is -0.374 e. The third kappa shape index (κ3) is 6.01. The quantitative estimate of drug-likeness (QED) is 0.657. The third-order valence-electron chi connectivity index (χ3n) is 3.14. The number of carbonyl (C=O) groups is 1. The number of hydrogen-bond acceptors (Lipinski definition) is 5. The summed E-state index contributed by atoms with van der Waals surface area (Å²) in [6, 6.07) is 2.05. The van der Waals surface area contributed by atoms with Gasteiger partial charge in [0.25, 0.3) is 0 Å². The van der Waals surface area contributed by atoms with Crippen LogP contribution in [-0.4, -0.2) is 87.2 Å². The molecule has 1 fully saturated rings. The van der Waals surface area contributed by atoms with Crippen molar-refractivity contribution >= 4 is 5.91 Å². The van der Waals surface area contributed by atoms with Gasteiger partial charge >= 0.3 is 0 Å². The number of nitriles is 1. The minimum atomic E-state index is 0.0701. The highest BCUT2D eigenvalue weighted by Gasteiger charge is 2.23. The molecule has 0 aromatic carbocycles. The van der Waals surface area contributed by atoms with Crippen molar-refractivity contribution in [3.63, 3.8) is 0 Å². The van der Waals surface area contributed by atoms with Crippen LogP contribution >= 0.6 is 0 Å². The zero-order valence-corrected chi connectivity index (χ0v) is 12.1. The van der Waals surface area contributed by atoms with E-state index < -0.39 is 0 Å². The maximum atomic E-state index is 12.0. The number of carbonyl (C=O) groups excluding carboxylic acids is 1. The van der Waals surface area contributed by atoms with Gasteiger partial charge in [-0.3, -0.25) is 9.69 Å². The number of rotatable bonds is 6. The summed E-state index contributed by atoms with van der Waals surface area (Å²) in [6.07, 6.45) is 0.551. The van der Waals surface area contributed by atoms with Gasteiger partial charge in [0.2, 0.25) is 5.91 Å². The van der Waals surface area contributed by atoms with Crippen LogP contribution in [0.15, 0.2) is 0 Å². The normalized spacial score (nSPS) is 20.3. The van der Waals surface area contributed by atoms with Crippen molar-refractivity contribution in [3.05, 3.63) is 0 Å². The van der Waals surface area contributed by atoms with Crippen LogP contribution in [0.5, 0.6) is 0 Å². The molecule has 6 heteroatoms. The Morgan fingerprint density at radius 1 is 1.47 bits per heavy atom. The number of ether oxygens (including phenoxy) is 1. The van der Waals surface area contributed by atoms with Gasteiger partial charge in [-0.05, 0) is 14.1 Å². The Labute approximate surface area is 115 Å². The number of nitrogens with zero attached hydrogens (tertiary/aromatic N) is 4. The van der Waals surface area contributed by atoms with Crippen molar-refractivity contribution in [1.82, 2.24) is 14.7 Å². The summed E-state index contributed by atoms with van der Waals surface area (Å²) >= 11 is 0. The topological polar surface area (TPSA) is 59.8 Å². The number of amides is 1. The molecule has 0 spiro atoms. The van der Waals surface area contributed by atoms with E-state index in [-0.39, 0.29) is 12.0 Å². The van der Waals surface area contributed by atoms with Crippen molar-refractivity contribution in [1.29, 1.82) is 5.26 Å². The van der Waals surface area contributed by atoms with Crippen LogP contribution in [0.3, 0.4) is 0 Å². The summed E-state index contributed by atoms with van der Waals surface area (Å²) in [5.41, 5.74) is 0. The molecule has 108 valence electrons. The molecule has 0 aromatic rings. The van der Waals surface area contributed by atoms with E-state index in [2.05, 4.69) is 15.9 Å². The number of likely N-dealkylation sites (N-methyl/N-ethyl adjacent to an activating group) is 2. The molecule has 0 radical (unpaired) electrons. The Morgan fingerprint density at radius 3 is 2.84 bits per heavy atom. The molecule has 1 unspecified atom stereocenters. The SMILES string of the molecule is CN(C)CC1CN(CC(=O)N(C)CCC#N)CCO1. The smallest absolute Gasteiger partial charge is 0.236 e.